The molecule has 0 heterocycles. The van der Waals surface area contributed by atoms with E-state index in [4.69, 9.17) is 4.74 Å². The van der Waals surface area contributed by atoms with E-state index in [0.29, 0.717) is 0 Å². The van der Waals surface area contributed by atoms with Gasteiger partial charge in [-0.3, -0.25) is 0 Å². The summed E-state index contributed by atoms with van der Waals surface area (Å²) in [5.74, 6) is -0.331. The molecule has 2 heteroatoms. The van der Waals surface area contributed by atoms with Gasteiger partial charge >= 0.3 is 5.97 Å². The number of hydrogen-bond acceptors (Lipinski definition) is 2. The highest BCUT2D eigenvalue weighted by atomic mass is 16.5. The summed E-state index contributed by atoms with van der Waals surface area (Å²) >= 11 is 0. The number of hydrogen-bond donors (Lipinski definition) is 0. The van der Waals surface area contributed by atoms with Gasteiger partial charge in [0.15, 0.2) is 0 Å². The second-order valence-electron chi connectivity index (χ2n) is 3.44. The Balaban J connectivity index is 2.05. The Hall–Kier alpha value is -1.57. The van der Waals surface area contributed by atoms with Crippen LogP contribution < -0.4 is 0 Å². The minimum Gasteiger partial charge on any atom is -0.459 e. The van der Waals surface area contributed by atoms with Crippen LogP contribution >= 0.6 is 0 Å². The van der Waals surface area contributed by atoms with Gasteiger partial charge in [0.1, 0.15) is 6.10 Å². The molecule has 2 rings (SSSR count). The van der Waals surface area contributed by atoms with Crippen LogP contribution in [0.3, 0.4) is 0 Å². The van der Waals surface area contributed by atoms with Gasteiger partial charge in [0.2, 0.25) is 0 Å². The summed E-state index contributed by atoms with van der Waals surface area (Å²) in [4.78, 5) is 11.0. The second kappa shape index (κ2) is 3.66. The Kier molecular flexibility index (Phi) is 2.35. The molecular weight excluding hydrogens is 176 g/mol. The largest absolute Gasteiger partial charge is 0.459 e. The molecule has 0 spiro atoms. The van der Waals surface area contributed by atoms with Crippen LogP contribution in [-0.4, -0.2) is 12.1 Å². The Morgan fingerprint density at radius 3 is 2.43 bits per heavy atom. The molecule has 1 aliphatic rings. The molecule has 72 valence electrons. The predicted octanol–water partition coefficient (Wildman–Crippen LogP) is 1.88. The molecule has 1 aromatic rings. The number of ether oxygens (including phenoxy) is 1. The normalized spacial score (nSPS) is 14.9. The fourth-order valence-corrected chi connectivity index (χ4v) is 1.81. The summed E-state index contributed by atoms with van der Waals surface area (Å²) in [6, 6.07) is 8.18. The topological polar surface area (TPSA) is 26.3 Å². The van der Waals surface area contributed by atoms with Crippen LogP contribution in [0.4, 0.5) is 0 Å². The van der Waals surface area contributed by atoms with Gasteiger partial charge in [-0.2, -0.15) is 0 Å². The van der Waals surface area contributed by atoms with Gasteiger partial charge < -0.3 is 4.74 Å². The molecule has 0 fully saturated rings. The third-order valence-electron chi connectivity index (χ3n) is 2.46. The van der Waals surface area contributed by atoms with E-state index < -0.39 is 0 Å². The molecule has 0 saturated carbocycles. The standard InChI is InChI=1S/C12H12O2/c1-2-12(13)14-11-7-9-5-3-4-6-10(9)8-11/h2-6,11H,1,7-8H2. The maximum Gasteiger partial charge on any atom is 0.330 e. The fourth-order valence-electron chi connectivity index (χ4n) is 1.81. The number of fused-ring (bicyclic) bond motifs is 1. The zero-order chi connectivity index (χ0) is 9.97. The highest BCUT2D eigenvalue weighted by Crippen LogP contribution is 2.23. The van der Waals surface area contributed by atoms with E-state index in [2.05, 4.69) is 18.7 Å². The van der Waals surface area contributed by atoms with Crippen LogP contribution in [0.2, 0.25) is 0 Å². The van der Waals surface area contributed by atoms with Gasteiger partial charge in [-0.15, -0.1) is 0 Å². The fraction of sp³-hybridized carbons (Fsp3) is 0.250. The monoisotopic (exact) mass is 188 g/mol. The first kappa shape index (κ1) is 9.00. The maximum absolute atomic E-state index is 11.0. The summed E-state index contributed by atoms with van der Waals surface area (Å²) in [5, 5.41) is 0. The molecule has 2 nitrogen and oxygen atoms in total. The van der Waals surface area contributed by atoms with E-state index in [9.17, 15) is 4.79 Å². The molecule has 0 saturated heterocycles. The lowest BCUT2D eigenvalue weighted by Gasteiger charge is -2.08. The number of esters is 1. The molecule has 0 amide bonds. The molecule has 14 heavy (non-hydrogen) atoms. The van der Waals surface area contributed by atoms with E-state index in [1.807, 2.05) is 12.1 Å². The third-order valence-corrected chi connectivity index (χ3v) is 2.46. The van der Waals surface area contributed by atoms with Crippen molar-refractivity contribution in [3.05, 3.63) is 48.0 Å². The summed E-state index contributed by atoms with van der Waals surface area (Å²) < 4.78 is 5.19. The lowest BCUT2D eigenvalue weighted by molar-refractivity contribution is -0.142. The van der Waals surface area contributed by atoms with Crippen molar-refractivity contribution in [1.82, 2.24) is 0 Å². The summed E-state index contributed by atoms with van der Waals surface area (Å²) in [5.41, 5.74) is 2.57. The van der Waals surface area contributed by atoms with Gasteiger partial charge in [0.05, 0.1) is 0 Å². The van der Waals surface area contributed by atoms with Gasteiger partial charge in [-0.05, 0) is 11.1 Å². The van der Waals surface area contributed by atoms with Crippen LogP contribution in [0.1, 0.15) is 11.1 Å². The highest BCUT2D eigenvalue weighted by Gasteiger charge is 2.23. The minimum atomic E-state index is -0.331. The zero-order valence-electron chi connectivity index (χ0n) is 7.90. The molecule has 0 atom stereocenters. The van der Waals surface area contributed by atoms with Gasteiger partial charge in [-0.25, -0.2) is 4.79 Å². The van der Waals surface area contributed by atoms with E-state index in [0.717, 1.165) is 12.8 Å². The van der Waals surface area contributed by atoms with Crippen molar-refractivity contribution >= 4 is 5.97 Å². The Morgan fingerprint density at radius 1 is 1.36 bits per heavy atom. The predicted molar refractivity (Wildman–Crippen MR) is 53.9 cm³/mol. The first-order valence-electron chi connectivity index (χ1n) is 4.69. The lowest BCUT2D eigenvalue weighted by atomic mass is 10.1. The van der Waals surface area contributed by atoms with Crippen molar-refractivity contribution in [3.63, 3.8) is 0 Å². The molecule has 0 aliphatic heterocycles. The van der Waals surface area contributed by atoms with Crippen molar-refractivity contribution in [2.24, 2.45) is 0 Å². The number of carbonyl (C=O) groups excluding carboxylic acids is 1. The number of carbonyl (C=O) groups is 1. The molecule has 0 bridgehead atoms. The summed E-state index contributed by atoms with van der Waals surface area (Å²) in [6.45, 7) is 3.38. The average Bonchev–Trinajstić information content (AvgIpc) is 2.59. The van der Waals surface area contributed by atoms with Crippen molar-refractivity contribution in [2.75, 3.05) is 0 Å². The van der Waals surface area contributed by atoms with E-state index in [-0.39, 0.29) is 12.1 Å². The van der Waals surface area contributed by atoms with Crippen molar-refractivity contribution < 1.29 is 9.53 Å². The Labute approximate surface area is 83.2 Å². The first-order valence-corrected chi connectivity index (χ1v) is 4.69. The zero-order valence-corrected chi connectivity index (χ0v) is 7.90. The molecule has 1 aromatic carbocycles. The number of benzene rings is 1. The van der Waals surface area contributed by atoms with Gasteiger partial charge in [0, 0.05) is 18.9 Å². The van der Waals surface area contributed by atoms with Crippen molar-refractivity contribution in [2.45, 2.75) is 18.9 Å². The smallest absolute Gasteiger partial charge is 0.330 e. The first-order chi connectivity index (χ1) is 6.79. The second-order valence-corrected chi connectivity index (χ2v) is 3.44. The Morgan fingerprint density at radius 2 is 1.93 bits per heavy atom. The minimum absolute atomic E-state index is 0.00194. The molecule has 0 N–H and O–H groups in total. The van der Waals surface area contributed by atoms with Crippen LogP contribution in [-0.2, 0) is 22.4 Å². The summed E-state index contributed by atoms with van der Waals surface area (Å²) in [6.07, 6.45) is 2.87. The van der Waals surface area contributed by atoms with Crippen LogP contribution in [0.5, 0.6) is 0 Å². The number of rotatable bonds is 2. The van der Waals surface area contributed by atoms with Crippen molar-refractivity contribution in [3.8, 4) is 0 Å². The molecule has 0 unspecified atom stereocenters. The average molecular weight is 188 g/mol. The van der Waals surface area contributed by atoms with Gasteiger partial charge in [0.25, 0.3) is 0 Å². The third kappa shape index (κ3) is 1.69. The Bertz CT molecular complexity index is 343. The molecule has 0 radical (unpaired) electrons. The van der Waals surface area contributed by atoms with Crippen molar-refractivity contribution in [1.29, 1.82) is 0 Å². The molecule has 1 aliphatic carbocycles. The van der Waals surface area contributed by atoms with Gasteiger partial charge in [-0.1, -0.05) is 30.8 Å². The van der Waals surface area contributed by atoms with E-state index in [1.54, 1.807) is 0 Å². The summed E-state index contributed by atoms with van der Waals surface area (Å²) in [7, 11) is 0. The quantitative estimate of drug-likeness (QED) is 0.523. The maximum atomic E-state index is 11.0. The van der Waals surface area contributed by atoms with Crippen LogP contribution in [0, 0.1) is 0 Å². The van der Waals surface area contributed by atoms with Crippen LogP contribution in [0.25, 0.3) is 0 Å². The SMILES string of the molecule is C=CC(=O)OC1Cc2ccccc2C1. The van der Waals surface area contributed by atoms with Crippen LogP contribution in [0.15, 0.2) is 36.9 Å². The lowest BCUT2D eigenvalue weighted by Crippen LogP contribution is -2.16. The highest BCUT2D eigenvalue weighted by molar-refractivity contribution is 5.81. The molecule has 0 aromatic heterocycles. The molecular formula is C12H12O2. The van der Waals surface area contributed by atoms with E-state index >= 15 is 0 Å². The van der Waals surface area contributed by atoms with E-state index in [1.165, 1.54) is 17.2 Å².